The number of methoxy groups -OCH3 is 1. The second-order valence-corrected chi connectivity index (χ2v) is 7.50. The van der Waals surface area contributed by atoms with E-state index in [1.165, 1.54) is 28.9 Å². The number of nitro groups is 1. The van der Waals surface area contributed by atoms with Gasteiger partial charge in [0.15, 0.2) is 0 Å². The van der Waals surface area contributed by atoms with Crippen LogP contribution in [-0.2, 0) is 22.6 Å². The number of carbonyl (C=O) groups excluding carboxylic acids is 1. The summed E-state index contributed by atoms with van der Waals surface area (Å²) in [6.07, 6.45) is 1.62. The molecule has 0 atom stereocenters. The first kappa shape index (κ1) is 22.6. The topological polar surface area (TPSA) is 125 Å². The van der Waals surface area contributed by atoms with Crippen molar-refractivity contribution in [3.8, 4) is 0 Å². The molecular weight excluding hydrogens is 404 g/mol. The van der Waals surface area contributed by atoms with Gasteiger partial charge in [-0.05, 0) is 45.0 Å². The molecule has 1 fully saturated rings. The molecule has 1 aliphatic rings. The minimum Gasteiger partial charge on any atom is -0.383 e. The van der Waals surface area contributed by atoms with E-state index in [9.17, 15) is 19.7 Å². The van der Waals surface area contributed by atoms with Crippen LogP contribution >= 0.6 is 0 Å². The van der Waals surface area contributed by atoms with Gasteiger partial charge in [-0.2, -0.15) is 5.10 Å². The van der Waals surface area contributed by atoms with Crippen LogP contribution in [-0.4, -0.2) is 63.4 Å². The Morgan fingerprint density at radius 2 is 1.97 bits per heavy atom. The lowest BCUT2D eigenvalue weighted by atomic mass is 9.96. The Kier molecular flexibility index (Phi) is 7.53. The van der Waals surface area contributed by atoms with E-state index in [1.807, 2.05) is 6.92 Å². The highest BCUT2D eigenvalue weighted by molar-refractivity contribution is 5.92. The van der Waals surface area contributed by atoms with Crippen molar-refractivity contribution in [3.05, 3.63) is 50.7 Å². The Morgan fingerprint density at radius 3 is 2.55 bits per heavy atom. The Labute approximate surface area is 179 Å². The van der Waals surface area contributed by atoms with Gasteiger partial charge in [-0.15, -0.1) is 0 Å². The monoisotopic (exact) mass is 432 g/mol. The minimum absolute atomic E-state index is 0.0183. The summed E-state index contributed by atoms with van der Waals surface area (Å²) in [6.45, 7) is 5.05. The zero-order valence-electron chi connectivity index (χ0n) is 17.8. The molecule has 31 heavy (non-hydrogen) atoms. The number of aromatic nitrogens is 3. The van der Waals surface area contributed by atoms with Gasteiger partial charge in [-0.1, -0.05) is 0 Å². The lowest BCUT2D eigenvalue weighted by Crippen LogP contribution is -2.39. The van der Waals surface area contributed by atoms with Crippen LogP contribution in [0.15, 0.2) is 29.1 Å². The van der Waals surface area contributed by atoms with E-state index in [4.69, 9.17) is 4.74 Å². The third-order valence-electron chi connectivity index (χ3n) is 5.46. The fourth-order valence-electron chi connectivity index (χ4n) is 3.80. The average Bonchev–Trinajstić information content (AvgIpc) is 3.08. The van der Waals surface area contributed by atoms with Crippen LogP contribution in [0.2, 0.25) is 0 Å². The molecule has 0 bridgehead atoms. The quantitative estimate of drug-likeness (QED) is 0.469. The SMILES string of the molecule is CCn1c(C2CCN(CC(=O)Nc3ccc([N+](=O)[O-])cc3)CC2)nn(CCOC)c1=O. The summed E-state index contributed by atoms with van der Waals surface area (Å²) >= 11 is 0. The Hall–Kier alpha value is -3.05. The van der Waals surface area contributed by atoms with Gasteiger partial charge in [0.1, 0.15) is 5.82 Å². The highest BCUT2D eigenvalue weighted by atomic mass is 16.6. The van der Waals surface area contributed by atoms with Crippen LogP contribution in [0.1, 0.15) is 31.5 Å². The van der Waals surface area contributed by atoms with Gasteiger partial charge in [0.25, 0.3) is 5.69 Å². The third-order valence-corrected chi connectivity index (χ3v) is 5.46. The van der Waals surface area contributed by atoms with Crippen LogP contribution < -0.4 is 11.0 Å². The van der Waals surface area contributed by atoms with Crippen molar-refractivity contribution in [1.82, 2.24) is 19.2 Å². The number of carbonyl (C=O) groups is 1. The normalized spacial score (nSPS) is 15.2. The summed E-state index contributed by atoms with van der Waals surface area (Å²) in [7, 11) is 1.59. The molecule has 0 radical (unpaired) electrons. The number of nitro benzene ring substituents is 1. The molecule has 11 nitrogen and oxygen atoms in total. The standard InChI is InChI=1S/C20H28N6O5/c1-3-24-19(22-25(20(24)28)12-13-31-2)15-8-10-23(11-9-15)14-18(27)21-16-4-6-17(7-5-16)26(29)30/h4-7,15H,3,8-14H2,1-2H3,(H,21,27). The number of piperidine rings is 1. The second-order valence-electron chi connectivity index (χ2n) is 7.50. The number of amides is 1. The highest BCUT2D eigenvalue weighted by Gasteiger charge is 2.27. The molecule has 2 heterocycles. The van der Waals surface area contributed by atoms with Crippen molar-refractivity contribution in [2.24, 2.45) is 0 Å². The summed E-state index contributed by atoms with van der Waals surface area (Å²) in [6, 6.07) is 5.76. The molecule has 0 saturated carbocycles. The maximum Gasteiger partial charge on any atom is 0.345 e. The van der Waals surface area contributed by atoms with Crippen molar-refractivity contribution in [1.29, 1.82) is 0 Å². The van der Waals surface area contributed by atoms with Crippen molar-refractivity contribution >= 4 is 17.3 Å². The molecule has 1 saturated heterocycles. The van der Waals surface area contributed by atoms with E-state index in [0.29, 0.717) is 25.4 Å². The first-order valence-electron chi connectivity index (χ1n) is 10.4. The van der Waals surface area contributed by atoms with E-state index in [1.54, 1.807) is 11.7 Å². The third kappa shape index (κ3) is 5.56. The number of likely N-dealkylation sites (tertiary alicyclic amines) is 1. The summed E-state index contributed by atoms with van der Waals surface area (Å²) in [5.74, 6) is 0.811. The predicted molar refractivity (Wildman–Crippen MR) is 114 cm³/mol. The first-order chi connectivity index (χ1) is 14.9. The van der Waals surface area contributed by atoms with E-state index >= 15 is 0 Å². The van der Waals surface area contributed by atoms with Gasteiger partial charge in [-0.3, -0.25) is 24.4 Å². The van der Waals surface area contributed by atoms with Crippen molar-refractivity contribution in [2.75, 3.05) is 38.7 Å². The zero-order valence-corrected chi connectivity index (χ0v) is 17.8. The number of non-ortho nitro benzene ring substituents is 1. The molecule has 168 valence electrons. The fraction of sp³-hybridized carbons (Fsp3) is 0.550. The molecule has 0 unspecified atom stereocenters. The number of nitrogens with zero attached hydrogens (tertiary/aromatic N) is 5. The van der Waals surface area contributed by atoms with Crippen LogP contribution in [0.25, 0.3) is 0 Å². The summed E-state index contributed by atoms with van der Waals surface area (Å²) in [5.41, 5.74) is 0.397. The maximum absolute atomic E-state index is 12.5. The molecule has 3 rings (SSSR count). The molecule has 2 aromatic rings. The largest absolute Gasteiger partial charge is 0.383 e. The van der Waals surface area contributed by atoms with Crippen molar-refractivity contribution in [2.45, 2.75) is 38.8 Å². The van der Waals surface area contributed by atoms with E-state index in [2.05, 4.69) is 15.3 Å². The lowest BCUT2D eigenvalue weighted by Gasteiger charge is -2.30. The second kappa shape index (κ2) is 10.3. The average molecular weight is 432 g/mol. The Bertz CT molecular complexity index is 959. The van der Waals surface area contributed by atoms with Gasteiger partial charge < -0.3 is 10.1 Å². The first-order valence-corrected chi connectivity index (χ1v) is 10.4. The number of rotatable bonds is 9. The van der Waals surface area contributed by atoms with Gasteiger partial charge in [-0.25, -0.2) is 9.48 Å². The molecule has 11 heteroatoms. The molecular formula is C20H28N6O5. The molecule has 1 N–H and O–H groups in total. The van der Waals surface area contributed by atoms with Crippen molar-refractivity contribution in [3.63, 3.8) is 0 Å². The predicted octanol–water partition coefficient (Wildman–Crippen LogP) is 1.44. The summed E-state index contributed by atoms with van der Waals surface area (Å²) in [5, 5.41) is 18.0. The molecule has 1 aliphatic heterocycles. The number of benzene rings is 1. The lowest BCUT2D eigenvalue weighted by molar-refractivity contribution is -0.384. The number of nitrogens with one attached hydrogen (secondary N) is 1. The van der Waals surface area contributed by atoms with E-state index in [-0.39, 0.29) is 29.7 Å². The summed E-state index contributed by atoms with van der Waals surface area (Å²) in [4.78, 5) is 37.2. The fourth-order valence-corrected chi connectivity index (χ4v) is 3.80. The van der Waals surface area contributed by atoms with Gasteiger partial charge in [0, 0.05) is 37.4 Å². The molecule has 0 spiro atoms. The minimum atomic E-state index is -0.478. The van der Waals surface area contributed by atoms with Gasteiger partial charge >= 0.3 is 5.69 Å². The van der Waals surface area contributed by atoms with Crippen molar-refractivity contribution < 1.29 is 14.5 Å². The smallest absolute Gasteiger partial charge is 0.345 e. The summed E-state index contributed by atoms with van der Waals surface area (Å²) < 4.78 is 8.24. The zero-order chi connectivity index (χ0) is 22.4. The maximum atomic E-state index is 12.5. The highest BCUT2D eigenvalue weighted by Crippen LogP contribution is 2.26. The van der Waals surface area contributed by atoms with Crippen LogP contribution in [0.3, 0.4) is 0 Å². The molecule has 1 aromatic carbocycles. The molecule has 0 aliphatic carbocycles. The van der Waals surface area contributed by atoms with E-state index < -0.39 is 4.92 Å². The molecule has 1 amide bonds. The number of hydrogen-bond donors (Lipinski definition) is 1. The van der Waals surface area contributed by atoms with Crippen LogP contribution in [0.4, 0.5) is 11.4 Å². The van der Waals surface area contributed by atoms with Gasteiger partial charge in [0.2, 0.25) is 5.91 Å². The van der Waals surface area contributed by atoms with Crippen LogP contribution in [0, 0.1) is 10.1 Å². The van der Waals surface area contributed by atoms with Crippen LogP contribution in [0.5, 0.6) is 0 Å². The number of anilines is 1. The number of hydrogen-bond acceptors (Lipinski definition) is 7. The Balaban J connectivity index is 1.54. The van der Waals surface area contributed by atoms with E-state index in [0.717, 1.165) is 31.8 Å². The number of ether oxygens (including phenoxy) is 1. The van der Waals surface area contributed by atoms with Gasteiger partial charge in [0.05, 0.1) is 24.6 Å². The molecule has 1 aromatic heterocycles. The Morgan fingerprint density at radius 1 is 1.29 bits per heavy atom.